The minimum absolute atomic E-state index is 0.0617. The molecule has 0 spiro atoms. The maximum absolute atomic E-state index is 13.1. The molecule has 1 aliphatic rings. The van der Waals surface area contributed by atoms with E-state index < -0.39 is 0 Å². The van der Waals surface area contributed by atoms with E-state index in [0.717, 1.165) is 22.6 Å². The molecular weight excluding hydrogens is 410 g/mol. The second-order valence-corrected chi connectivity index (χ2v) is 7.54. The monoisotopic (exact) mass is 435 g/mol. The van der Waals surface area contributed by atoms with Gasteiger partial charge in [-0.25, -0.2) is 0 Å². The van der Waals surface area contributed by atoms with Gasteiger partial charge in [-0.15, -0.1) is 5.10 Å². The molecule has 0 N–H and O–H groups in total. The number of carbonyl (C=O) groups excluding carboxylic acids is 1. The van der Waals surface area contributed by atoms with Crippen LogP contribution >= 0.6 is 0 Å². The lowest BCUT2D eigenvalue weighted by Crippen LogP contribution is -2.28. The van der Waals surface area contributed by atoms with Crippen LogP contribution in [0.4, 0.5) is 0 Å². The van der Waals surface area contributed by atoms with Crippen molar-refractivity contribution >= 4 is 5.78 Å². The second kappa shape index (κ2) is 9.74. The van der Waals surface area contributed by atoms with Crippen LogP contribution in [0.15, 0.2) is 47.3 Å². The quantitative estimate of drug-likeness (QED) is 0.526. The third-order valence-corrected chi connectivity index (χ3v) is 5.56. The number of methoxy groups -OCH3 is 2. The normalized spacial score (nSPS) is 13.2. The number of rotatable bonds is 7. The van der Waals surface area contributed by atoms with Crippen LogP contribution in [0.3, 0.4) is 0 Å². The molecule has 0 aliphatic carbocycles. The number of nitrogens with zero attached hydrogens (tertiary/aromatic N) is 3. The van der Waals surface area contributed by atoms with Crippen molar-refractivity contribution in [1.29, 1.82) is 0 Å². The summed E-state index contributed by atoms with van der Waals surface area (Å²) in [5, 5.41) is 7.96. The topological polar surface area (TPSA) is 92.5 Å². The van der Waals surface area contributed by atoms with E-state index in [9.17, 15) is 9.59 Å². The summed E-state index contributed by atoms with van der Waals surface area (Å²) in [6.45, 7) is 1.44. The molecule has 0 atom stereocenters. The largest absolute Gasteiger partial charge is 0.497 e. The summed E-state index contributed by atoms with van der Waals surface area (Å²) in [5.41, 5.74) is 3.48. The van der Waals surface area contributed by atoms with Gasteiger partial charge in [0, 0.05) is 29.8 Å². The van der Waals surface area contributed by atoms with Crippen molar-refractivity contribution in [3.63, 3.8) is 0 Å². The number of carbonyl (C=O) groups is 1. The molecule has 32 heavy (non-hydrogen) atoms. The van der Waals surface area contributed by atoms with E-state index >= 15 is 0 Å². The minimum atomic E-state index is -0.203. The van der Waals surface area contributed by atoms with Crippen molar-refractivity contribution in [3.8, 4) is 11.6 Å². The maximum atomic E-state index is 13.1. The lowest BCUT2D eigenvalue weighted by atomic mass is 9.96. The molecule has 4 rings (SSSR count). The Labute approximate surface area is 185 Å². The van der Waals surface area contributed by atoms with E-state index in [2.05, 4.69) is 10.2 Å². The molecule has 0 amide bonds. The molecule has 0 saturated heterocycles. The highest BCUT2D eigenvalue weighted by molar-refractivity contribution is 5.98. The summed E-state index contributed by atoms with van der Waals surface area (Å²) in [6, 6.07) is 12.4. The van der Waals surface area contributed by atoms with Crippen LogP contribution in [0.2, 0.25) is 0 Å². The van der Waals surface area contributed by atoms with Gasteiger partial charge in [-0.3, -0.25) is 9.59 Å². The van der Waals surface area contributed by atoms with E-state index in [1.54, 1.807) is 23.8 Å². The number of fused-ring (bicyclic) bond motifs is 1. The van der Waals surface area contributed by atoms with Crippen LogP contribution in [-0.4, -0.2) is 48.0 Å². The number of pyridine rings is 1. The van der Waals surface area contributed by atoms with Gasteiger partial charge < -0.3 is 18.8 Å². The lowest BCUT2D eigenvalue weighted by Gasteiger charge is -2.18. The number of Topliss-reactive ketones (excluding diaryl/α,β-unsaturated/α-hetero) is 1. The molecule has 3 heterocycles. The molecule has 0 saturated carbocycles. The summed E-state index contributed by atoms with van der Waals surface area (Å²) in [6.07, 6.45) is 1.21. The minimum Gasteiger partial charge on any atom is -0.497 e. The van der Waals surface area contributed by atoms with E-state index in [1.807, 2.05) is 24.3 Å². The SMILES string of the molecule is COc1ccc(Cn2c3c(c(C(=O)Cc4ccc(OC)nn4)cc2=O)CCOCC3)cc1. The summed E-state index contributed by atoms with van der Waals surface area (Å²) in [5.74, 6) is 0.987. The Balaban J connectivity index is 1.68. The van der Waals surface area contributed by atoms with Crippen LogP contribution < -0.4 is 15.0 Å². The molecule has 8 nitrogen and oxygen atoms in total. The Bertz CT molecular complexity index is 1150. The van der Waals surface area contributed by atoms with Gasteiger partial charge in [0.1, 0.15) is 5.75 Å². The second-order valence-electron chi connectivity index (χ2n) is 7.54. The summed E-state index contributed by atoms with van der Waals surface area (Å²) in [7, 11) is 3.12. The average Bonchev–Trinajstić information content (AvgIpc) is 3.08. The maximum Gasteiger partial charge on any atom is 0.251 e. The number of benzene rings is 1. The van der Waals surface area contributed by atoms with Gasteiger partial charge in [0.15, 0.2) is 5.78 Å². The average molecular weight is 435 g/mol. The lowest BCUT2D eigenvalue weighted by molar-refractivity contribution is 0.0990. The highest BCUT2D eigenvalue weighted by Gasteiger charge is 2.22. The van der Waals surface area contributed by atoms with Gasteiger partial charge in [0.2, 0.25) is 5.88 Å². The number of aromatic nitrogens is 3. The number of ether oxygens (including phenoxy) is 3. The first kappa shape index (κ1) is 21.7. The highest BCUT2D eigenvalue weighted by atomic mass is 16.5. The summed E-state index contributed by atoms with van der Waals surface area (Å²) in [4.78, 5) is 26.2. The predicted octanol–water partition coefficient (Wildman–Crippen LogP) is 2.24. The Morgan fingerprint density at radius 2 is 1.81 bits per heavy atom. The summed E-state index contributed by atoms with van der Waals surface area (Å²) >= 11 is 0. The van der Waals surface area contributed by atoms with Crippen molar-refractivity contribution in [2.24, 2.45) is 0 Å². The van der Waals surface area contributed by atoms with Gasteiger partial charge >= 0.3 is 0 Å². The number of hydrogen-bond acceptors (Lipinski definition) is 7. The van der Waals surface area contributed by atoms with E-state index in [0.29, 0.717) is 49.7 Å². The fourth-order valence-corrected chi connectivity index (χ4v) is 3.90. The van der Waals surface area contributed by atoms with E-state index in [4.69, 9.17) is 14.2 Å². The fraction of sp³-hybridized carbons (Fsp3) is 0.333. The van der Waals surface area contributed by atoms with E-state index in [-0.39, 0.29) is 17.8 Å². The standard InChI is InChI=1S/C24H25N3O5/c1-30-18-6-3-16(4-7-18)15-27-21-10-12-32-11-9-19(21)20(14-24(27)29)22(28)13-17-5-8-23(31-2)26-25-17/h3-8,14H,9-13,15H2,1-2H3. The zero-order valence-electron chi connectivity index (χ0n) is 18.2. The van der Waals surface area contributed by atoms with Crippen molar-refractivity contribution < 1.29 is 19.0 Å². The third-order valence-electron chi connectivity index (χ3n) is 5.56. The number of ketones is 1. The summed E-state index contributed by atoms with van der Waals surface area (Å²) < 4.78 is 17.6. The molecule has 3 aromatic rings. The van der Waals surface area contributed by atoms with Crippen LogP contribution in [0.25, 0.3) is 0 Å². The predicted molar refractivity (Wildman–Crippen MR) is 118 cm³/mol. The van der Waals surface area contributed by atoms with Gasteiger partial charge in [0.05, 0.1) is 46.1 Å². The van der Waals surface area contributed by atoms with Crippen molar-refractivity contribution in [1.82, 2.24) is 14.8 Å². The van der Waals surface area contributed by atoms with Gasteiger partial charge in [-0.05, 0) is 35.7 Å². The van der Waals surface area contributed by atoms with Crippen LogP contribution in [0.1, 0.15) is 32.9 Å². The Morgan fingerprint density at radius 3 is 2.50 bits per heavy atom. The van der Waals surface area contributed by atoms with Gasteiger partial charge in [-0.1, -0.05) is 12.1 Å². The molecular formula is C24H25N3O5. The van der Waals surface area contributed by atoms with Crippen LogP contribution in [0.5, 0.6) is 11.6 Å². The molecule has 0 unspecified atom stereocenters. The molecule has 1 aliphatic heterocycles. The first-order valence-electron chi connectivity index (χ1n) is 10.4. The van der Waals surface area contributed by atoms with Crippen LogP contribution in [-0.2, 0) is 30.5 Å². The van der Waals surface area contributed by atoms with Gasteiger partial charge in [0.25, 0.3) is 5.56 Å². The zero-order chi connectivity index (χ0) is 22.5. The molecule has 0 bridgehead atoms. The third kappa shape index (κ3) is 4.70. The number of hydrogen-bond donors (Lipinski definition) is 0. The zero-order valence-corrected chi connectivity index (χ0v) is 18.2. The molecule has 0 radical (unpaired) electrons. The Hall–Kier alpha value is -3.52. The highest BCUT2D eigenvalue weighted by Crippen LogP contribution is 2.21. The smallest absolute Gasteiger partial charge is 0.251 e. The van der Waals surface area contributed by atoms with Crippen molar-refractivity contribution in [3.05, 3.63) is 80.9 Å². The van der Waals surface area contributed by atoms with E-state index in [1.165, 1.54) is 13.2 Å². The first-order valence-corrected chi connectivity index (χ1v) is 10.4. The van der Waals surface area contributed by atoms with Crippen molar-refractivity contribution in [2.45, 2.75) is 25.8 Å². The molecule has 2 aromatic heterocycles. The Kier molecular flexibility index (Phi) is 6.61. The fourth-order valence-electron chi connectivity index (χ4n) is 3.90. The first-order chi connectivity index (χ1) is 15.6. The van der Waals surface area contributed by atoms with Crippen LogP contribution in [0, 0.1) is 0 Å². The molecule has 0 fully saturated rings. The molecule has 166 valence electrons. The Morgan fingerprint density at radius 1 is 1.03 bits per heavy atom. The van der Waals surface area contributed by atoms with Gasteiger partial charge in [-0.2, -0.15) is 5.10 Å². The molecule has 1 aromatic carbocycles. The molecule has 8 heteroatoms. The van der Waals surface area contributed by atoms with Crippen molar-refractivity contribution in [2.75, 3.05) is 27.4 Å².